The Bertz CT molecular complexity index is 795. The van der Waals surface area contributed by atoms with Gasteiger partial charge < -0.3 is 5.32 Å². The summed E-state index contributed by atoms with van der Waals surface area (Å²) in [4.78, 5) is 0. The van der Waals surface area contributed by atoms with Crippen molar-refractivity contribution in [3.05, 3.63) is 11.6 Å². The number of nitrogens with two attached hydrogens (primary N) is 1. The van der Waals surface area contributed by atoms with E-state index < -0.39 is 20.0 Å². The lowest BCUT2D eigenvalue weighted by Crippen LogP contribution is -2.43. The molecule has 1 aromatic rings. The first-order valence-electron chi connectivity index (χ1n) is 8.10. The van der Waals surface area contributed by atoms with Crippen molar-refractivity contribution in [1.29, 1.82) is 0 Å². The molecule has 26 heavy (non-hydrogen) atoms. The van der Waals surface area contributed by atoms with E-state index >= 15 is 0 Å². The average molecular weight is 464 g/mol. The minimum Gasteiger partial charge on any atom is -0.309 e. The van der Waals surface area contributed by atoms with Crippen LogP contribution in [-0.4, -0.2) is 52.8 Å². The van der Waals surface area contributed by atoms with Crippen LogP contribution in [0.15, 0.2) is 14.5 Å². The second-order valence-corrected chi connectivity index (χ2v) is 11.9. The number of primary sulfonamides is 1. The van der Waals surface area contributed by atoms with Crippen molar-refractivity contribution >= 4 is 55.6 Å². The molecular formula is C14H26ClN3O4S4. The van der Waals surface area contributed by atoms with E-state index in [9.17, 15) is 16.8 Å². The fraction of sp³-hybridized carbons (Fsp3) is 0.714. The van der Waals surface area contributed by atoms with E-state index in [2.05, 4.69) is 5.32 Å². The molecule has 0 saturated heterocycles. The highest BCUT2D eigenvalue weighted by atomic mass is 35.5. The van der Waals surface area contributed by atoms with Gasteiger partial charge in [-0.15, -0.1) is 23.7 Å². The van der Waals surface area contributed by atoms with Crippen LogP contribution in [0.1, 0.15) is 37.8 Å². The van der Waals surface area contributed by atoms with Crippen LogP contribution >= 0.6 is 35.5 Å². The van der Waals surface area contributed by atoms with Crippen LogP contribution in [0.3, 0.4) is 0 Å². The number of sulfonamides is 2. The van der Waals surface area contributed by atoms with Crippen LogP contribution in [0.4, 0.5) is 0 Å². The van der Waals surface area contributed by atoms with E-state index in [-0.39, 0.29) is 26.9 Å². The van der Waals surface area contributed by atoms with Gasteiger partial charge in [-0.25, -0.2) is 22.0 Å². The van der Waals surface area contributed by atoms with Crippen LogP contribution in [0.5, 0.6) is 0 Å². The number of unbranched alkanes of at least 4 members (excludes halogenated alkanes) is 1. The molecule has 0 bridgehead atoms. The fourth-order valence-corrected chi connectivity index (χ4v) is 7.51. The number of nitrogens with zero attached hydrogens (tertiary/aromatic N) is 1. The van der Waals surface area contributed by atoms with E-state index in [4.69, 9.17) is 5.14 Å². The molecule has 3 N–H and O–H groups in total. The summed E-state index contributed by atoms with van der Waals surface area (Å²) in [6.07, 6.45) is 4.65. The number of hydrogen-bond acceptors (Lipinski definition) is 7. The molecule has 12 heteroatoms. The topological polar surface area (TPSA) is 110 Å². The SMILES string of the molecule is CCCNC1CN(CCCCSC)S(=O)(=O)c2sc(S(N)(=O)=O)cc21.Cl. The normalized spacial score (nSPS) is 19.7. The van der Waals surface area contributed by atoms with Gasteiger partial charge in [0, 0.05) is 24.7 Å². The summed E-state index contributed by atoms with van der Waals surface area (Å²) < 4.78 is 50.6. The zero-order valence-electron chi connectivity index (χ0n) is 14.8. The molecule has 152 valence electrons. The molecule has 0 amide bonds. The molecule has 0 fully saturated rings. The Morgan fingerprint density at radius 3 is 2.69 bits per heavy atom. The largest absolute Gasteiger partial charge is 0.309 e. The molecule has 1 aliphatic heterocycles. The number of fused-ring (bicyclic) bond motifs is 1. The summed E-state index contributed by atoms with van der Waals surface area (Å²) in [6.45, 7) is 3.51. The molecule has 0 aromatic carbocycles. The van der Waals surface area contributed by atoms with Crippen molar-refractivity contribution in [3.63, 3.8) is 0 Å². The fourth-order valence-electron chi connectivity index (χ4n) is 2.71. The molecule has 0 aliphatic carbocycles. The number of rotatable bonds is 9. The van der Waals surface area contributed by atoms with Crippen LogP contribution in [-0.2, 0) is 20.0 Å². The molecule has 1 unspecified atom stereocenters. The monoisotopic (exact) mass is 463 g/mol. The van der Waals surface area contributed by atoms with E-state index in [0.717, 1.165) is 42.9 Å². The first-order chi connectivity index (χ1) is 11.7. The number of thioether (sulfide) groups is 1. The molecule has 2 heterocycles. The minimum atomic E-state index is -3.93. The number of thiophene rings is 1. The highest BCUT2D eigenvalue weighted by Gasteiger charge is 2.39. The smallest absolute Gasteiger partial charge is 0.252 e. The number of nitrogens with one attached hydrogen (secondary N) is 1. The molecule has 2 rings (SSSR count). The lowest BCUT2D eigenvalue weighted by molar-refractivity contribution is 0.337. The molecule has 1 aliphatic rings. The predicted octanol–water partition coefficient (Wildman–Crippen LogP) is 2.01. The second kappa shape index (κ2) is 10.1. The van der Waals surface area contributed by atoms with Crippen molar-refractivity contribution in [3.8, 4) is 0 Å². The summed E-state index contributed by atoms with van der Waals surface area (Å²) in [5.74, 6) is 0.991. The van der Waals surface area contributed by atoms with Gasteiger partial charge in [0.1, 0.15) is 8.42 Å². The Hall–Kier alpha value is 0.120. The molecule has 0 spiro atoms. The minimum absolute atomic E-state index is 0. The van der Waals surface area contributed by atoms with E-state index in [1.807, 2.05) is 13.2 Å². The Balaban J connectivity index is 0.00000338. The second-order valence-electron chi connectivity index (χ2n) is 5.92. The Kier molecular flexibility index (Phi) is 9.34. The van der Waals surface area contributed by atoms with Crippen molar-refractivity contribution in [2.45, 2.75) is 40.6 Å². The van der Waals surface area contributed by atoms with Crippen molar-refractivity contribution in [2.75, 3.05) is 31.6 Å². The van der Waals surface area contributed by atoms with E-state index in [1.165, 1.54) is 10.4 Å². The third-order valence-corrected chi connectivity index (χ3v) is 9.63. The number of halogens is 1. The maximum atomic E-state index is 12.9. The van der Waals surface area contributed by atoms with Crippen LogP contribution in [0.2, 0.25) is 0 Å². The third-order valence-electron chi connectivity index (χ3n) is 3.97. The van der Waals surface area contributed by atoms with Crippen molar-refractivity contribution < 1.29 is 16.8 Å². The maximum Gasteiger partial charge on any atom is 0.252 e. The van der Waals surface area contributed by atoms with E-state index in [0.29, 0.717) is 18.7 Å². The summed E-state index contributed by atoms with van der Waals surface area (Å²) in [5.41, 5.74) is 0.517. The Morgan fingerprint density at radius 2 is 2.12 bits per heavy atom. The van der Waals surface area contributed by atoms with Gasteiger partial charge in [-0.05, 0) is 43.9 Å². The lowest BCUT2D eigenvalue weighted by atomic mass is 10.1. The molecule has 0 radical (unpaired) electrons. The molecular weight excluding hydrogens is 438 g/mol. The molecule has 0 saturated carbocycles. The van der Waals surface area contributed by atoms with Gasteiger partial charge in [0.2, 0.25) is 10.0 Å². The van der Waals surface area contributed by atoms with Gasteiger partial charge in [0.05, 0.1) is 0 Å². The highest BCUT2D eigenvalue weighted by Crippen LogP contribution is 2.39. The first-order valence-corrected chi connectivity index (χ1v) is 13.3. The Morgan fingerprint density at radius 1 is 1.42 bits per heavy atom. The maximum absolute atomic E-state index is 12.9. The summed E-state index contributed by atoms with van der Waals surface area (Å²) >= 11 is 2.48. The zero-order chi connectivity index (χ0) is 18.7. The average Bonchev–Trinajstić information content (AvgIpc) is 2.99. The van der Waals surface area contributed by atoms with Crippen LogP contribution in [0.25, 0.3) is 0 Å². The quantitative estimate of drug-likeness (QED) is 0.542. The zero-order valence-corrected chi connectivity index (χ0v) is 18.9. The van der Waals surface area contributed by atoms with Gasteiger partial charge in [-0.3, -0.25) is 0 Å². The summed E-state index contributed by atoms with van der Waals surface area (Å²) in [5, 5.41) is 8.53. The van der Waals surface area contributed by atoms with Gasteiger partial charge in [0.25, 0.3) is 10.0 Å². The lowest BCUT2D eigenvalue weighted by Gasteiger charge is -2.32. The van der Waals surface area contributed by atoms with E-state index in [1.54, 1.807) is 11.8 Å². The Labute approximate surface area is 170 Å². The van der Waals surface area contributed by atoms with Crippen LogP contribution < -0.4 is 10.5 Å². The summed E-state index contributed by atoms with van der Waals surface area (Å²) in [6, 6.07) is 1.19. The van der Waals surface area contributed by atoms with Gasteiger partial charge >= 0.3 is 0 Å². The molecule has 1 atom stereocenters. The number of hydrogen-bond donors (Lipinski definition) is 2. The van der Waals surface area contributed by atoms with Crippen molar-refractivity contribution in [1.82, 2.24) is 9.62 Å². The first kappa shape index (κ1) is 24.2. The van der Waals surface area contributed by atoms with Crippen molar-refractivity contribution in [2.24, 2.45) is 5.14 Å². The van der Waals surface area contributed by atoms with Gasteiger partial charge in [-0.2, -0.15) is 16.1 Å². The molecule has 7 nitrogen and oxygen atoms in total. The summed E-state index contributed by atoms with van der Waals surface area (Å²) in [7, 11) is -7.61. The highest BCUT2D eigenvalue weighted by molar-refractivity contribution is 7.98. The van der Waals surface area contributed by atoms with Gasteiger partial charge in [0.15, 0.2) is 0 Å². The third kappa shape index (κ3) is 5.57. The standard InChI is InChI=1S/C14H25N3O4S4.ClH/c1-3-6-16-12-10-17(7-4-5-8-22-2)25(20,21)14-11(12)9-13(23-14)24(15,18)19;/h9,12,16H,3-8,10H2,1-2H3,(H2,15,18,19);1H. The molecule has 1 aromatic heterocycles. The van der Waals surface area contributed by atoms with Gasteiger partial charge in [-0.1, -0.05) is 6.92 Å². The predicted molar refractivity (Wildman–Crippen MR) is 110 cm³/mol. The van der Waals surface area contributed by atoms with Crippen LogP contribution in [0, 0.1) is 0 Å².